The Kier molecular flexibility index (Phi) is 7.40. The third kappa shape index (κ3) is 5.52. The van der Waals surface area contributed by atoms with Gasteiger partial charge in [0.1, 0.15) is 6.04 Å². The Balaban J connectivity index is 1.44. The Morgan fingerprint density at radius 2 is 1.41 bits per heavy atom. The van der Waals surface area contributed by atoms with Crippen LogP contribution in [-0.4, -0.2) is 37.6 Å². The van der Waals surface area contributed by atoms with Crippen molar-refractivity contribution < 1.29 is 18.0 Å². The lowest BCUT2D eigenvalue weighted by atomic mass is 10.1. The van der Waals surface area contributed by atoms with Crippen LogP contribution < -0.4 is 10.6 Å². The van der Waals surface area contributed by atoms with Crippen molar-refractivity contribution in [2.45, 2.75) is 30.3 Å². The maximum Gasteiger partial charge on any atom is 0.252 e. The van der Waals surface area contributed by atoms with E-state index in [2.05, 4.69) is 10.6 Å². The summed E-state index contributed by atoms with van der Waals surface area (Å²) in [7, 11) is -3.48. The number of benzene rings is 3. The highest BCUT2D eigenvalue weighted by molar-refractivity contribution is 7.89. The molecule has 1 aliphatic rings. The Morgan fingerprint density at radius 1 is 0.824 bits per heavy atom. The summed E-state index contributed by atoms with van der Waals surface area (Å²) in [5, 5.41) is 5.66. The highest BCUT2D eigenvalue weighted by atomic mass is 32.2. The topological polar surface area (TPSA) is 95.6 Å². The molecule has 0 bridgehead atoms. The molecule has 0 radical (unpaired) electrons. The standard InChI is InChI=1S/C26H27N3O4S/c30-25(22-11-5-2-6-12-22)28-24(21-9-3-1-4-10-21)26(31)27-19-20-13-15-23(16-14-20)34(32,33)29-17-7-8-18-29/h1-6,9-16,24H,7-8,17-19H2,(H,27,31)(H,28,30). The van der Waals surface area contributed by atoms with E-state index in [0.717, 1.165) is 18.4 Å². The molecule has 34 heavy (non-hydrogen) atoms. The van der Waals surface area contributed by atoms with Gasteiger partial charge in [-0.2, -0.15) is 4.31 Å². The molecule has 7 nitrogen and oxygen atoms in total. The average Bonchev–Trinajstić information content (AvgIpc) is 3.43. The molecular formula is C26H27N3O4S. The van der Waals surface area contributed by atoms with Gasteiger partial charge in [0.15, 0.2) is 0 Å². The highest BCUT2D eigenvalue weighted by Gasteiger charge is 2.27. The molecule has 1 saturated heterocycles. The summed E-state index contributed by atoms with van der Waals surface area (Å²) in [4.78, 5) is 26.0. The Hall–Kier alpha value is -3.49. The average molecular weight is 478 g/mol. The largest absolute Gasteiger partial charge is 0.350 e. The predicted molar refractivity (Wildman–Crippen MR) is 129 cm³/mol. The van der Waals surface area contributed by atoms with Crippen LogP contribution in [0.4, 0.5) is 0 Å². The summed E-state index contributed by atoms with van der Waals surface area (Å²) in [5.41, 5.74) is 1.89. The van der Waals surface area contributed by atoms with Crippen LogP contribution in [0, 0.1) is 0 Å². The molecule has 3 aromatic rings. The molecule has 1 aliphatic heterocycles. The van der Waals surface area contributed by atoms with Crippen LogP contribution in [0.25, 0.3) is 0 Å². The van der Waals surface area contributed by atoms with Gasteiger partial charge in [0.25, 0.3) is 5.91 Å². The van der Waals surface area contributed by atoms with Crippen LogP contribution in [0.2, 0.25) is 0 Å². The zero-order chi connectivity index (χ0) is 24.0. The van der Waals surface area contributed by atoms with E-state index >= 15 is 0 Å². The summed E-state index contributed by atoms with van der Waals surface area (Å²) in [6.07, 6.45) is 1.76. The van der Waals surface area contributed by atoms with Crippen LogP contribution in [-0.2, 0) is 21.4 Å². The number of sulfonamides is 1. The van der Waals surface area contributed by atoms with E-state index in [1.54, 1.807) is 60.7 Å². The van der Waals surface area contributed by atoms with Gasteiger partial charge in [-0.15, -0.1) is 0 Å². The zero-order valence-electron chi connectivity index (χ0n) is 18.7. The van der Waals surface area contributed by atoms with Gasteiger partial charge in [0.2, 0.25) is 15.9 Å². The van der Waals surface area contributed by atoms with Gasteiger partial charge in [-0.1, -0.05) is 60.7 Å². The van der Waals surface area contributed by atoms with Crippen molar-refractivity contribution in [3.8, 4) is 0 Å². The lowest BCUT2D eigenvalue weighted by molar-refractivity contribution is -0.123. The van der Waals surface area contributed by atoms with E-state index in [-0.39, 0.29) is 23.3 Å². The van der Waals surface area contributed by atoms with Gasteiger partial charge in [-0.25, -0.2) is 8.42 Å². The van der Waals surface area contributed by atoms with E-state index in [9.17, 15) is 18.0 Å². The molecule has 2 N–H and O–H groups in total. The lowest BCUT2D eigenvalue weighted by Gasteiger charge is -2.19. The van der Waals surface area contributed by atoms with Crippen molar-refractivity contribution in [1.82, 2.24) is 14.9 Å². The minimum absolute atomic E-state index is 0.202. The Morgan fingerprint density at radius 3 is 2.03 bits per heavy atom. The van der Waals surface area contributed by atoms with Gasteiger partial charge in [0, 0.05) is 25.2 Å². The Bertz CT molecular complexity index is 1220. The quantitative estimate of drug-likeness (QED) is 0.521. The molecule has 0 aromatic heterocycles. The first-order valence-corrected chi connectivity index (χ1v) is 12.7. The molecule has 176 valence electrons. The number of carbonyl (C=O) groups excluding carboxylic acids is 2. The van der Waals surface area contributed by atoms with Gasteiger partial charge >= 0.3 is 0 Å². The van der Waals surface area contributed by atoms with Crippen molar-refractivity contribution in [3.63, 3.8) is 0 Å². The third-order valence-corrected chi connectivity index (χ3v) is 7.71. The third-order valence-electron chi connectivity index (χ3n) is 5.80. The SMILES string of the molecule is O=C(NC(C(=O)NCc1ccc(S(=O)(=O)N2CCCC2)cc1)c1ccccc1)c1ccccc1. The smallest absolute Gasteiger partial charge is 0.252 e. The molecule has 0 saturated carbocycles. The van der Waals surface area contributed by atoms with Crippen molar-refractivity contribution in [2.24, 2.45) is 0 Å². The minimum atomic E-state index is -3.48. The van der Waals surface area contributed by atoms with Gasteiger partial charge in [-0.05, 0) is 48.2 Å². The fraction of sp³-hybridized carbons (Fsp3) is 0.231. The van der Waals surface area contributed by atoms with Crippen molar-refractivity contribution in [1.29, 1.82) is 0 Å². The first-order chi connectivity index (χ1) is 16.4. The van der Waals surface area contributed by atoms with E-state index in [0.29, 0.717) is 24.2 Å². The Labute approximate surface area is 199 Å². The first kappa shape index (κ1) is 23.7. The van der Waals surface area contributed by atoms with Crippen LogP contribution in [0.5, 0.6) is 0 Å². The molecule has 1 unspecified atom stereocenters. The summed E-state index contributed by atoms with van der Waals surface area (Å²) in [6.45, 7) is 1.30. The number of nitrogens with zero attached hydrogens (tertiary/aromatic N) is 1. The monoisotopic (exact) mass is 477 g/mol. The molecule has 0 aliphatic carbocycles. The van der Waals surface area contributed by atoms with Gasteiger partial charge in [0.05, 0.1) is 4.90 Å². The summed E-state index contributed by atoms with van der Waals surface area (Å²) < 4.78 is 26.9. The van der Waals surface area contributed by atoms with Crippen LogP contribution in [0.15, 0.2) is 89.8 Å². The molecule has 4 rings (SSSR count). The number of amides is 2. The molecule has 8 heteroatoms. The second-order valence-corrected chi connectivity index (χ2v) is 10.1. The summed E-state index contributed by atoms with van der Waals surface area (Å²) >= 11 is 0. The summed E-state index contributed by atoms with van der Waals surface area (Å²) in [5.74, 6) is -0.703. The zero-order valence-corrected chi connectivity index (χ0v) is 19.5. The molecule has 3 aromatic carbocycles. The van der Waals surface area contributed by atoms with E-state index in [4.69, 9.17) is 0 Å². The van der Waals surface area contributed by atoms with Crippen molar-refractivity contribution in [3.05, 3.63) is 102 Å². The maximum atomic E-state index is 13.1. The van der Waals surface area contributed by atoms with E-state index in [1.807, 2.05) is 24.3 Å². The normalized spacial score (nSPS) is 14.9. The highest BCUT2D eigenvalue weighted by Crippen LogP contribution is 2.21. The predicted octanol–water partition coefficient (Wildman–Crippen LogP) is 3.26. The number of rotatable bonds is 8. The van der Waals surface area contributed by atoms with Gasteiger partial charge in [-0.3, -0.25) is 9.59 Å². The molecule has 1 fully saturated rings. The lowest BCUT2D eigenvalue weighted by Crippen LogP contribution is -2.40. The second kappa shape index (κ2) is 10.6. The number of nitrogens with one attached hydrogen (secondary N) is 2. The van der Waals surface area contributed by atoms with Crippen molar-refractivity contribution in [2.75, 3.05) is 13.1 Å². The minimum Gasteiger partial charge on any atom is -0.350 e. The number of hydrogen-bond acceptors (Lipinski definition) is 4. The maximum absolute atomic E-state index is 13.1. The molecular weight excluding hydrogens is 450 g/mol. The van der Waals surface area contributed by atoms with Crippen molar-refractivity contribution >= 4 is 21.8 Å². The second-order valence-electron chi connectivity index (χ2n) is 8.16. The molecule has 0 spiro atoms. The molecule has 1 heterocycles. The van der Waals surface area contributed by atoms with Crippen LogP contribution >= 0.6 is 0 Å². The fourth-order valence-electron chi connectivity index (χ4n) is 3.90. The van der Waals surface area contributed by atoms with Gasteiger partial charge < -0.3 is 10.6 Å². The van der Waals surface area contributed by atoms with E-state index in [1.165, 1.54) is 4.31 Å². The summed E-state index contributed by atoms with van der Waals surface area (Å²) in [6, 6.07) is 23.4. The number of carbonyl (C=O) groups is 2. The van der Waals surface area contributed by atoms with E-state index < -0.39 is 16.1 Å². The fourth-order valence-corrected chi connectivity index (χ4v) is 5.41. The molecule has 2 amide bonds. The molecule has 1 atom stereocenters. The van der Waals surface area contributed by atoms with Crippen LogP contribution in [0.3, 0.4) is 0 Å². The number of hydrogen-bond donors (Lipinski definition) is 2. The van der Waals surface area contributed by atoms with Crippen LogP contribution in [0.1, 0.15) is 40.4 Å². The first-order valence-electron chi connectivity index (χ1n) is 11.2.